The summed E-state index contributed by atoms with van der Waals surface area (Å²) in [6, 6.07) is 31.4. The van der Waals surface area contributed by atoms with Gasteiger partial charge in [0.05, 0.1) is 0 Å². The van der Waals surface area contributed by atoms with Crippen LogP contribution in [0.2, 0.25) is 0 Å². The van der Waals surface area contributed by atoms with E-state index in [9.17, 15) is 0 Å². The van der Waals surface area contributed by atoms with Crippen molar-refractivity contribution in [3.05, 3.63) is 90.5 Å². The summed E-state index contributed by atoms with van der Waals surface area (Å²) in [4.78, 5) is 0. The standard InChI is InChI=1S/C27H23.2ClH.Zr/c1-2-3-9-19-16-20-11-8-15-25(26(20)17-19)27-18-21-10-4-5-12-22(21)23-13-6-7-14-24(23)27;;;/h4-8,10-18H,2-3,9H2,1H3;2*1H;/q-1;;;+2/p-2. The maximum absolute atomic E-state index is 4.93. The van der Waals surface area contributed by atoms with Crippen LogP contribution in [0.4, 0.5) is 0 Å². The molecule has 0 aliphatic heterocycles. The van der Waals surface area contributed by atoms with E-state index in [1.807, 2.05) is 0 Å². The third-order valence-corrected chi connectivity index (χ3v) is 5.69. The molecular formula is C27H23Cl2Zr-. The van der Waals surface area contributed by atoms with Crippen LogP contribution in [0, 0.1) is 0 Å². The third kappa shape index (κ3) is 4.40. The molecule has 150 valence electrons. The van der Waals surface area contributed by atoms with E-state index in [1.54, 1.807) is 0 Å². The van der Waals surface area contributed by atoms with E-state index in [4.69, 9.17) is 17.0 Å². The Balaban J connectivity index is 0.000000687. The Morgan fingerprint density at radius 1 is 0.733 bits per heavy atom. The molecule has 0 nitrogen and oxygen atoms in total. The van der Waals surface area contributed by atoms with E-state index in [0.717, 1.165) is 0 Å². The zero-order valence-corrected chi connectivity index (χ0v) is 20.9. The Morgan fingerprint density at radius 2 is 1.43 bits per heavy atom. The van der Waals surface area contributed by atoms with Gasteiger partial charge in [-0.15, -0.1) is 34.5 Å². The molecule has 0 amide bonds. The van der Waals surface area contributed by atoms with Gasteiger partial charge in [0.25, 0.3) is 0 Å². The molecule has 0 aliphatic rings. The van der Waals surface area contributed by atoms with E-state index in [-0.39, 0.29) is 0 Å². The molecule has 0 saturated heterocycles. The molecule has 5 aromatic rings. The average Bonchev–Trinajstić information content (AvgIpc) is 3.21. The molecule has 0 aliphatic carbocycles. The fourth-order valence-corrected chi connectivity index (χ4v) is 4.33. The van der Waals surface area contributed by atoms with Gasteiger partial charge in [0, 0.05) is 0 Å². The van der Waals surface area contributed by atoms with Crippen molar-refractivity contribution < 1.29 is 20.8 Å². The van der Waals surface area contributed by atoms with Crippen molar-refractivity contribution in [1.82, 2.24) is 0 Å². The van der Waals surface area contributed by atoms with Crippen LogP contribution < -0.4 is 0 Å². The zero-order chi connectivity index (χ0) is 20.9. The van der Waals surface area contributed by atoms with Gasteiger partial charge >= 0.3 is 37.9 Å². The van der Waals surface area contributed by atoms with Gasteiger partial charge in [0.2, 0.25) is 0 Å². The SMILES string of the molecule is CCCCc1cc2c(-c3cc4ccccc4c4ccccc34)cccc2[cH-]1.[Cl][Zr][Cl]. The molecule has 0 saturated carbocycles. The molecule has 0 N–H and O–H groups in total. The average molecular weight is 510 g/mol. The molecule has 0 heterocycles. The number of halogens is 2. The Kier molecular flexibility index (Phi) is 7.37. The van der Waals surface area contributed by atoms with Crippen LogP contribution in [-0.4, -0.2) is 0 Å². The molecule has 0 fully saturated rings. The number of benzene rings is 4. The molecule has 0 radical (unpaired) electrons. The van der Waals surface area contributed by atoms with Crippen LogP contribution in [0.1, 0.15) is 25.3 Å². The fourth-order valence-electron chi connectivity index (χ4n) is 4.33. The van der Waals surface area contributed by atoms with Gasteiger partial charge in [-0.2, -0.15) is 6.07 Å². The number of unbranched alkanes of at least 4 members (excludes halogenated alkanes) is 1. The second-order valence-electron chi connectivity index (χ2n) is 7.54. The topological polar surface area (TPSA) is 0 Å². The van der Waals surface area contributed by atoms with Crippen LogP contribution in [0.25, 0.3) is 43.4 Å². The zero-order valence-electron chi connectivity index (χ0n) is 17.0. The van der Waals surface area contributed by atoms with Crippen LogP contribution in [-0.2, 0) is 27.3 Å². The van der Waals surface area contributed by atoms with Crippen LogP contribution in [0.5, 0.6) is 0 Å². The molecule has 5 rings (SSSR count). The van der Waals surface area contributed by atoms with Crippen molar-refractivity contribution in [3.8, 4) is 11.1 Å². The first kappa shape index (κ1) is 21.7. The number of hydrogen-bond donors (Lipinski definition) is 0. The minimum absolute atomic E-state index is 0.826. The second kappa shape index (κ2) is 10.2. The van der Waals surface area contributed by atoms with E-state index < -0.39 is 20.8 Å². The van der Waals surface area contributed by atoms with Gasteiger partial charge < -0.3 is 0 Å². The summed E-state index contributed by atoms with van der Waals surface area (Å²) in [5, 5.41) is 8.04. The number of fused-ring (bicyclic) bond motifs is 4. The quantitative estimate of drug-likeness (QED) is 0.167. The van der Waals surface area contributed by atoms with Gasteiger partial charge in [-0.3, -0.25) is 0 Å². The van der Waals surface area contributed by atoms with E-state index in [0.29, 0.717) is 0 Å². The summed E-state index contributed by atoms with van der Waals surface area (Å²) in [5.74, 6) is 0. The van der Waals surface area contributed by atoms with Crippen molar-refractivity contribution in [1.29, 1.82) is 0 Å². The van der Waals surface area contributed by atoms with Gasteiger partial charge in [-0.1, -0.05) is 79.9 Å². The number of aryl methyl sites for hydroxylation is 1. The summed E-state index contributed by atoms with van der Waals surface area (Å²) in [5.41, 5.74) is 4.14. The Labute approximate surface area is 196 Å². The van der Waals surface area contributed by atoms with E-state index in [1.165, 1.54) is 68.3 Å². The van der Waals surface area contributed by atoms with Crippen LogP contribution in [0.3, 0.4) is 0 Å². The molecule has 0 atom stereocenters. The summed E-state index contributed by atoms with van der Waals surface area (Å²) in [6.45, 7) is 2.26. The molecule has 0 bridgehead atoms. The molecular weight excluding hydrogens is 486 g/mol. The first-order valence-electron chi connectivity index (χ1n) is 10.3. The summed E-state index contributed by atoms with van der Waals surface area (Å²) in [7, 11) is 9.87. The van der Waals surface area contributed by atoms with Crippen LogP contribution >= 0.6 is 17.0 Å². The monoisotopic (exact) mass is 507 g/mol. The normalized spacial score (nSPS) is 10.9. The number of rotatable bonds is 4. The molecule has 3 heteroatoms. The molecule has 5 aromatic carbocycles. The summed E-state index contributed by atoms with van der Waals surface area (Å²) in [6.07, 6.45) is 3.66. The first-order valence-corrected chi connectivity index (χ1v) is 16.6. The van der Waals surface area contributed by atoms with Gasteiger partial charge in [-0.25, -0.2) is 0 Å². The Hall–Kier alpha value is -1.53. The Bertz CT molecular complexity index is 1290. The van der Waals surface area contributed by atoms with Gasteiger partial charge in [-0.05, 0) is 39.6 Å². The maximum atomic E-state index is 4.93. The Morgan fingerprint density at radius 3 is 2.20 bits per heavy atom. The predicted molar refractivity (Wildman–Crippen MR) is 130 cm³/mol. The first-order chi connectivity index (χ1) is 14.8. The van der Waals surface area contributed by atoms with Gasteiger partial charge in [0.1, 0.15) is 0 Å². The van der Waals surface area contributed by atoms with Crippen molar-refractivity contribution in [2.75, 3.05) is 0 Å². The second-order valence-corrected chi connectivity index (χ2v) is 11.3. The van der Waals surface area contributed by atoms with Crippen molar-refractivity contribution in [2.45, 2.75) is 26.2 Å². The third-order valence-electron chi connectivity index (χ3n) is 5.69. The minimum atomic E-state index is -0.826. The van der Waals surface area contributed by atoms with E-state index >= 15 is 0 Å². The molecule has 0 aromatic heterocycles. The molecule has 0 unspecified atom stereocenters. The molecule has 30 heavy (non-hydrogen) atoms. The summed E-state index contributed by atoms with van der Waals surface area (Å²) < 4.78 is 0. The fraction of sp³-hybridized carbons (Fsp3) is 0.148. The predicted octanol–water partition coefficient (Wildman–Crippen LogP) is 9.25. The van der Waals surface area contributed by atoms with Crippen molar-refractivity contribution in [3.63, 3.8) is 0 Å². The number of hydrogen-bond acceptors (Lipinski definition) is 0. The van der Waals surface area contributed by atoms with Crippen molar-refractivity contribution in [2.24, 2.45) is 0 Å². The summed E-state index contributed by atoms with van der Waals surface area (Å²) >= 11 is -0.826. The van der Waals surface area contributed by atoms with Gasteiger partial charge in [0.15, 0.2) is 0 Å². The molecule has 0 spiro atoms. The van der Waals surface area contributed by atoms with E-state index in [2.05, 4.69) is 91.9 Å². The van der Waals surface area contributed by atoms with Crippen LogP contribution in [0.15, 0.2) is 84.9 Å². The van der Waals surface area contributed by atoms with Crippen molar-refractivity contribution >= 4 is 49.3 Å².